The molecule has 0 unspecified atom stereocenters. The number of carboxylic acids is 1. The molecule has 0 aliphatic heterocycles. The Bertz CT molecular complexity index is 1180. The molecule has 0 atom stereocenters. The normalized spacial score (nSPS) is 10.9. The van der Waals surface area contributed by atoms with Crippen LogP contribution in [0, 0.1) is 0 Å². The zero-order valence-corrected chi connectivity index (χ0v) is 20.6. The number of methoxy groups -OCH3 is 1. The standard InChI is InChI=1S/C24H25ClN2O2.C2HF3O2/c1-16(2)26-15-20-13-19(9-12-23(20)29-3)18-5-4-6-22(14-18)27-24(28)17-7-10-21(25)11-8-17;3-2(4,5)1(6)7/h4-14,16,26H,15H2,1-3H3,(H,27,28);(H,6,7). The van der Waals surface area contributed by atoms with Crippen LogP contribution in [0.1, 0.15) is 29.8 Å². The Morgan fingerprint density at radius 3 is 2.17 bits per heavy atom. The molecule has 6 nitrogen and oxygen atoms in total. The van der Waals surface area contributed by atoms with Gasteiger partial charge in [-0.2, -0.15) is 13.2 Å². The first kappa shape index (κ1) is 28.7. The van der Waals surface area contributed by atoms with Crippen molar-refractivity contribution in [3.05, 3.63) is 82.9 Å². The van der Waals surface area contributed by atoms with Crippen LogP contribution in [-0.4, -0.2) is 36.3 Å². The smallest absolute Gasteiger partial charge is 0.490 e. The minimum absolute atomic E-state index is 0.171. The minimum Gasteiger partial charge on any atom is -0.496 e. The number of carboxylic acid groups (broad SMARTS) is 1. The number of anilines is 1. The molecular weight excluding hydrogens is 497 g/mol. The predicted molar refractivity (Wildman–Crippen MR) is 134 cm³/mol. The number of aliphatic carboxylic acids is 1. The maximum atomic E-state index is 12.5. The molecule has 0 spiro atoms. The highest BCUT2D eigenvalue weighted by Gasteiger charge is 2.38. The number of hydrogen-bond acceptors (Lipinski definition) is 4. The molecule has 3 aromatic carbocycles. The Morgan fingerprint density at radius 1 is 1.00 bits per heavy atom. The van der Waals surface area contributed by atoms with Gasteiger partial charge >= 0.3 is 12.1 Å². The lowest BCUT2D eigenvalue weighted by Crippen LogP contribution is -2.22. The Hall–Kier alpha value is -3.56. The second kappa shape index (κ2) is 12.9. The summed E-state index contributed by atoms with van der Waals surface area (Å²) in [4.78, 5) is 21.4. The molecule has 0 radical (unpaired) electrons. The Labute approximate surface area is 212 Å². The molecule has 0 heterocycles. The zero-order valence-electron chi connectivity index (χ0n) is 19.8. The molecule has 0 fully saturated rings. The zero-order chi connectivity index (χ0) is 26.9. The first-order valence-corrected chi connectivity index (χ1v) is 11.2. The van der Waals surface area contributed by atoms with Crippen molar-refractivity contribution >= 4 is 29.2 Å². The lowest BCUT2D eigenvalue weighted by Gasteiger charge is -2.14. The highest BCUT2D eigenvalue weighted by molar-refractivity contribution is 6.30. The topological polar surface area (TPSA) is 87.7 Å². The second-order valence-electron chi connectivity index (χ2n) is 7.91. The summed E-state index contributed by atoms with van der Waals surface area (Å²) in [5, 5.41) is 14.1. The molecule has 0 aliphatic carbocycles. The van der Waals surface area contributed by atoms with Gasteiger partial charge in [0.05, 0.1) is 7.11 Å². The second-order valence-corrected chi connectivity index (χ2v) is 8.34. The molecule has 36 heavy (non-hydrogen) atoms. The van der Waals surface area contributed by atoms with Gasteiger partial charge in [0.15, 0.2) is 0 Å². The van der Waals surface area contributed by atoms with E-state index >= 15 is 0 Å². The van der Waals surface area contributed by atoms with Gasteiger partial charge in [-0.05, 0) is 59.7 Å². The van der Waals surface area contributed by atoms with Gasteiger partial charge in [-0.1, -0.05) is 43.6 Å². The highest BCUT2D eigenvalue weighted by Crippen LogP contribution is 2.28. The van der Waals surface area contributed by atoms with E-state index in [-0.39, 0.29) is 5.91 Å². The fourth-order valence-corrected chi connectivity index (χ4v) is 3.12. The van der Waals surface area contributed by atoms with E-state index in [1.165, 1.54) is 0 Å². The van der Waals surface area contributed by atoms with Crippen LogP contribution in [0.3, 0.4) is 0 Å². The van der Waals surface area contributed by atoms with Crippen LogP contribution in [0.4, 0.5) is 18.9 Å². The number of nitrogens with one attached hydrogen (secondary N) is 2. The number of carbonyl (C=O) groups is 2. The number of ether oxygens (including phenoxy) is 1. The van der Waals surface area contributed by atoms with Crippen molar-refractivity contribution in [2.75, 3.05) is 12.4 Å². The Kier molecular flexibility index (Phi) is 10.3. The van der Waals surface area contributed by atoms with E-state index in [4.69, 9.17) is 26.2 Å². The maximum absolute atomic E-state index is 12.5. The average Bonchev–Trinajstić information content (AvgIpc) is 2.83. The molecule has 3 rings (SSSR count). The highest BCUT2D eigenvalue weighted by atomic mass is 35.5. The lowest BCUT2D eigenvalue weighted by atomic mass is 10.0. The molecule has 3 aromatic rings. The van der Waals surface area contributed by atoms with E-state index in [0.29, 0.717) is 16.6 Å². The molecule has 1 amide bonds. The fourth-order valence-electron chi connectivity index (χ4n) is 2.99. The van der Waals surface area contributed by atoms with Crippen molar-refractivity contribution in [3.63, 3.8) is 0 Å². The summed E-state index contributed by atoms with van der Waals surface area (Å²) in [5.41, 5.74) is 4.47. The van der Waals surface area contributed by atoms with Gasteiger partial charge in [-0.3, -0.25) is 4.79 Å². The first-order valence-electron chi connectivity index (χ1n) is 10.8. The number of carbonyl (C=O) groups excluding carboxylic acids is 1. The van der Waals surface area contributed by atoms with E-state index in [2.05, 4.69) is 30.5 Å². The largest absolute Gasteiger partial charge is 0.496 e. The van der Waals surface area contributed by atoms with E-state index in [0.717, 1.165) is 34.7 Å². The molecular formula is C26H26ClF3N2O4. The summed E-state index contributed by atoms with van der Waals surface area (Å²) in [7, 11) is 1.68. The SMILES string of the molecule is COc1ccc(-c2cccc(NC(=O)c3ccc(Cl)cc3)c2)cc1CNC(C)C.O=C(O)C(F)(F)F. The average molecular weight is 523 g/mol. The fraction of sp³-hybridized carbons (Fsp3) is 0.231. The summed E-state index contributed by atoms with van der Waals surface area (Å²) in [5.74, 6) is -2.07. The van der Waals surface area contributed by atoms with Crippen LogP contribution in [0.15, 0.2) is 66.7 Å². The van der Waals surface area contributed by atoms with Gasteiger partial charge in [0.1, 0.15) is 5.75 Å². The molecule has 0 aliphatic rings. The van der Waals surface area contributed by atoms with Crippen LogP contribution in [0.5, 0.6) is 5.75 Å². The van der Waals surface area contributed by atoms with Gasteiger partial charge in [-0.15, -0.1) is 0 Å². The Morgan fingerprint density at radius 2 is 1.61 bits per heavy atom. The van der Waals surface area contributed by atoms with E-state index in [1.807, 2.05) is 36.4 Å². The summed E-state index contributed by atoms with van der Waals surface area (Å²) < 4.78 is 37.2. The van der Waals surface area contributed by atoms with Crippen LogP contribution >= 0.6 is 11.6 Å². The maximum Gasteiger partial charge on any atom is 0.490 e. The molecule has 3 N–H and O–H groups in total. The number of amides is 1. The molecule has 0 bridgehead atoms. The summed E-state index contributed by atoms with van der Waals surface area (Å²) in [6.07, 6.45) is -5.08. The quantitative estimate of drug-likeness (QED) is 0.334. The number of alkyl halides is 3. The molecule has 0 aromatic heterocycles. The third-order valence-electron chi connectivity index (χ3n) is 4.78. The van der Waals surface area contributed by atoms with E-state index < -0.39 is 12.1 Å². The third kappa shape index (κ3) is 8.90. The lowest BCUT2D eigenvalue weighted by molar-refractivity contribution is -0.192. The molecule has 192 valence electrons. The first-order chi connectivity index (χ1) is 16.9. The number of rotatable bonds is 7. The summed E-state index contributed by atoms with van der Waals surface area (Å²) >= 11 is 5.89. The van der Waals surface area contributed by atoms with Crippen molar-refractivity contribution in [1.29, 1.82) is 0 Å². The van der Waals surface area contributed by atoms with Gasteiger partial charge in [0, 0.05) is 34.4 Å². The van der Waals surface area contributed by atoms with Crippen molar-refractivity contribution in [2.45, 2.75) is 32.6 Å². The number of benzene rings is 3. The monoisotopic (exact) mass is 522 g/mol. The number of hydrogen-bond donors (Lipinski definition) is 3. The molecule has 0 saturated carbocycles. The van der Waals surface area contributed by atoms with Crippen molar-refractivity contribution in [1.82, 2.24) is 5.32 Å². The van der Waals surface area contributed by atoms with Crippen LogP contribution in [-0.2, 0) is 11.3 Å². The molecule has 0 saturated heterocycles. The Balaban J connectivity index is 0.000000572. The number of halogens is 4. The van der Waals surface area contributed by atoms with Gasteiger partial charge < -0.3 is 20.5 Å². The van der Waals surface area contributed by atoms with Gasteiger partial charge in [-0.25, -0.2) is 4.79 Å². The van der Waals surface area contributed by atoms with E-state index in [1.54, 1.807) is 31.4 Å². The van der Waals surface area contributed by atoms with Crippen LogP contribution < -0.4 is 15.4 Å². The van der Waals surface area contributed by atoms with Crippen LogP contribution in [0.2, 0.25) is 5.02 Å². The van der Waals surface area contributed by atoms with Gasteiger partial charge in [0.25, 0.3) is 5.91 Å². The van der Waals surface area contributed by atoms with Crippen molar-refractivity contribution < 1.29 is 32.6 Å². The predicted octanol–water partition coefficient (Wildman–Crippen LogP) is 6.40. The molecule has 10 heteroatoms. The van der Waals surface area contributed by atoms with Crippen molar-refractivity contribution in [2.24, 2.45) is 0 Å². The van der Waals surface area contributed by atoms with E-state index in [9.17, 15) is 18.0 Å². The minimum atomic E-state index is -5.08. The van der Waals surface area contributed by atoms with Crippen LogP contribution in [0.25, 0.3) is 11.1 Å². The summed E-state index contributed by atoms with van der Waals surface area (Å²) in [6, 6.07) is 21.1. The third-order valence-corrected chi connectivity index (χ3v) is 5.04. The summed E-state index contributed by atoms with van der Waals surface area (Å²) in [6.45, 7) is 4.95. The van der Waals surface area contributed by atoms with Gasteiger partial charge in [0.2, 0.25) is 0 Å². The van der Waals surface area contributed by atoms with Crippen molar-refractivity contribution in [3.8, 4) is 16.9 Å².